The first kappa shape index (κ1) is 11.9. The molecule has 0 saturated carbocycles. The molecule has 1 saturated heterocycles. The Morgan fingerprint density at radius 2 is 2.31 bits per heavy atom. The van der Waals surface area contributed by atoms with Gasteiger partial charge >= 0.3 is 0 Å². The largest absolute Gasteiger partial charge is 0.393 e. The van der Waals surface area contributed by atoms with E-state index in [9.17, 15) is 5.11 Å². The molecule has 0 bridgehead atoms. The number of halogens is 1. The summed E-state index contributed by atoms with van der Waals surface area (Å²) < 4.78 is 0. The van der Waals surface area contributed by atoms with E-state index in [0.29, 0.717) is 0 Å². The van der Waals surface area contributed by atoms with Gasteiger partial charge in [-0.3, -0.25) is 0 Å². The average Bonchev–Trinajstić information content (AvgIpc) is 2.25. The van der Waals surface area contributed by atoms with Crippen LogP contribution in [0, 0.1) is 12.8 Å². The van der Waals surface area contributed by atoms with Gasteiger partial charge in [-0.2, -0.15) is 0 Å². The van der Waals surface area contributed by atoms with Gasteiger partial charge in [0, 0.05) is 17.5 Å². The number of aryl methyl sites for hydroxylation is 1. The SMILES string of the molecule is Cc1ccc(CC2CNCCC2O)c(Cl)c1. The maximum absolute atomic E-state index is 9.89. The normalized spacial score (nSPS) is 25.7. The van der Waals surface area contributed by atoms with Crippen molar-refractivity contribution in [3.63, 3.8) is 0 Å². The fraction of sp³-hybridized carbons (Fsp3) is 0.538. The number of piperidine rings is 1. The van der Waals surface area contributed by atoms with E-state index in [-0.39, 0.29) is 12.0 Å². The standard InChI is InChI=1S/C13H18ClNO/c1-9-2-3-10(12(14)6-9)7-11-8-15-5-4-13(11)16/h2-3,6,11,13,15-16H,4-5,7-8H2,1H3. The molecule has 16 heavy (non-hydrogen) atoms. The molecule has 1 aliphatic rings. The molecule has 1 aromatic carbocycles. The quantitative estimate of drug-likeness (QED) is 0.829. The Morgan fingerprint density at radius 1 is 1.50 bits per heavy atom. The zero-order chi connectivity index (χ0) is 11.5. The number of rotatable bonds is 2. The number of hydrogen-bond acceptors (Lipinski definition) is 2. The first-order valence-electron chi connectivity index (χ1n) is 5.80. The average molecular weight is 240 g/mol. The van der Waals surface area contributed by atoms with Crippen molar-refractivity contribution in [1.82, 2.24) is 5.32 Å². The second kappa shape index (κ2) is 5.17. The Kier molecular flexibility index (Phi) is 3.85. The summed E-state index contributed by atoms with van der Waals surface area (Å²) in [6.45, 7) is 3.83. The van der Waals surface area contributed by atoms with Crippen LogP contribution in [-0.2, 0) is 6.42 Å². The number of aliphatic hydroxyl groups is 1. The van der Waals surface area contributed by atoms with Gasteiger partial charge in [-0.1, -0.05) is 23.7 Å². The minimum absolute atomic E-state index is 0.196. The Morgan fingerprint density at radius 3 is 3.00 bits per heavy atom. The third kappa shape index (κ3) is 2.76. The Hall–Kier alpha value is -0.570. The zero-order valence-electron chi connectivity index (χ0n) is 9.54. The van der Waals surface area contributed by atoms with Crippen molar-refractivity contribution in [2.24, 2.45) is 5.92 Å². The van der Waals surface area contributed by atoms with Gasteiger partial charge in [-0.15, -0.1) is 0 Å². The van der Waals surface area contributed by atoms with Crippen molar-refractivity contribution in [2.75, 3.05) is 13.1 Å². The lowest BCUT2D eigenvalue weighted by Gasteiger charge is -2.28. The van der Waals surface area contributed by atoms with Crippen molar-refractivity contribution < 1.29 is 5.11 Å². The number of benzene rings is 1. The van der Waals surface area contributed by atoms with E-state index < -0.39 is 0 Å². The van der Waals surface area contributed by atoms with Crippen LogP contribution in [0.3, 0.4) is 0 Å². The predicted octanol–water partition coefficient (Wildman–Crippen LogP) is 2.16. The highest BCUT2D eigenvalue weighted by molar-refractivity contribution is 6.31. The molecule has 0 spiro atoms. The van der Waals surface area contributed by atoms with Crippen LogP contribution in [0.5, 0.6) is 0 Å². The minimum atomic E-state index is -0.196. The fourth-order valence-corrected chi connectivity index (χ4v) is 2.53. The monoisotopic (exact) mass is 239 g/mol. The maximum atomic E-state index is 9.89. The van der Waals surface area contributed by atoms with Gasteiger partial charge in [0.15, 0.2) is 0 Å². The first-order valence-corrected chi connectivity index (χ1v) is 6.18. The summed E-state index contributed by atoms with van der Waals surface area (Å²) in [7, 11) is 0. The molecule has 2 atom stereocenters. The minimum Gasteiger partial charge on any atom is -0.393 e. The van der Waals surface area contributed by atoms with Gasteiger partial charge in [0.1, 0.15) is 0 Å². The van der Waals surface area contributed by atoms with Gasteiger partial charge < -0.3 is 10.4 Å². The lowest BCUT2D eigenvalue weighted by molar-refractivity contribution is 0.0792. The number of aliphatic hydroxyl groups excluding tert-OH is 1. The second-order valence-corrected chi connectivity index (χ2v) is 5.03. The van der Waals surface area contributed by atoms with E-state index in [1.54, 1.807) is 0 Å². The van der Waals surface area contributed by atoms with Crippen LogP contribution in [-0.4, -0.2) is 24.3 Å². The van der Waals surface area contributed by atoms with Crippen LogP contribution in [0.25, 0.3) is 0 Å². The van der Waals surface area contributed by atoms with E-state index >= 15 is 0 Å². The molecular weight excluding hydrogens is 222 g/mol. The van der Waals surface area contributed by atoms with Crippen molar-refractivity contribution in [2.45, 2.75) is 25.9 Å². The van der Waals surface area contributed by atoms with E-state index in [0.717, 1.165) is 36.5 Å². The molecule has 2 rings (SSSR count). The van der Waals surface area contributed by atoms with Gasteiger partial charge in [0.2, 0.25) is 0 Å². The summed E-state index contributed by atoms with van der Waals surface area (Å²) in [5.41, 5.74) is 2.32. The summed E-state index contributed by atoms with van der Waals surface area (Å²) in [4.78, 5) is 0. The van der Waals surface area contributed by atoms with E-state index in [1.165, 1.54) is 5.56 Å². The Balaban J connectivity index is 2.07. The number of hydrogen-bond donors (Lipinski definition) is 2. The van der Waals surface area contributed by atoms with Crippen LogP contribution in [0.1, 0.15) is 17.5 Å². The maximum Gasteiger partial charge on any atom is 0.0595 e. The molecule has 1 aliphatic heterocycles. The molecule has 3 heteroatoms. The molecule has 2 N–H and O–H groups in total. The molecule has 2 nitrogen and oxygen atoms in total. The third-order valence-electron chi connectivity index (χ3n) is 3.26. The van der Waals surface area contributed by atoms with Crippen LogP contribution in [0.2, 0.25) is 5.02 Å². The molecule has 0 aromatic heterocycles. The predicted molar refractivity (Wildman–Crippen MR) is 66.9 cm³/mol. The smallest absolute Gasteiger partial charge is 0.0595 e. The Bertz CT molecular complexity index is 367. The van der Waals surface area contributed by atoms with E-state index in [4.69, 9.17) is 11.6 Å². The summed E-state index contributed by atoms with van der Waals surface area (Å²) in [6, 6.07) is 6.13. The van der Waals surface area contributed by atoms with Crippen LogP contribution in [0.4, 0.5) is 0 Å². The van der Waals surface area contributed by atoms with E-state index in [2.05, 4.69) is 17.4 Å². The van der Waals surface area contributed by atoms with Crippen LogP contribution < -0.4 is 5.32 Å². The molecular formula is C13H18ClNO. The molecule has 1 heterocycles. The van der Waals surface area contributed by atoms with Crippen LogP contribution in [0.15, 0.2) is 18.2 Å². The molecule has 0 amide bonds. The third-order valence-corrected chi connectivity index (χ3v) is 3.61. The van der Waals surface area contributed by atoms with Gasteiger partial charge in [-0.05, 0) is 43.5 Å². The molecule has 1 aromatic rings. The molecule has 0 radical (unpaired) electrons. The van der Waals surface area contributed by atoms with Crippen LogP contribution >= 0.6 is 11.6 Å². The summed E-state index contributed by atoms with van der Waals surface area (Å²) in [5, 5.41) is 14.0. The molecule has 2 unspecified atom stereocenters. The Labute approximate surface area is 102 Å². The lowest BCUT2D eigenvalue weighted by atomic mass is 9.89. The lowest BCUT2D eigenvalue weighted by Crippen LogP contribution is -2.40. The first-order chi connectivity index (χ1) is 7.66. The number of nitrogens with one attached hydrogen (secondary N) is 1. The fourth-order valence-electron chi connectivity index (χ4n) is 2.22. The zero-order valence-corrected chi connectivity index (χ0v) is 10.3. The van der Waals surface area contributed by atoms with Crippen molar-refractivity contribution in [1.29, 1.82) is 0 Å². The highest BCUT2D eigenvalue weighted by Gasteiger charge is 2.23. The second-order valence-electron chi connectivity index (χ2n) is 4.62. The topological polar surface area (TPSA) is 32.3 Å². The van der Waals surface area contributed by atoms with E-state index in [1.807, 2.05) is 13.0 Å². The molecule has 1 fully saturated rings. The molecule has 88 valence electrons. The highest BCUT2D eigenvalue weighted by atomic mass is 35.5. The van der Waals surface area contributed by atoms with Crippen molar-refractivity contribution >= 4 is 11.6 Å². The van der Waals surface area contributed by atoms with Gasteiger partial charge in [0.05, 0.1) is 6.10 Å². The summed E-state index contributed by atoms with van der Waals surface area (Å²) in [5.74, 6) is 0.286. The molecule has 0 aliphatic carbocycles. The summed E-state index contributed by atoms with van der Waals surface area (Å²) in [6.07, 6.45) is 1.50. The van der Waals surface area contributed by atoms with Crippen molar-refractivity contribution in [3.8, 4) is 0 Å². The van der Waals surface area contributed by atoms with Gasteiger partial charge in [0.25, 0.3) is 0 Å². The highest BCUT2D eigenvalue weighted by Crippen LogP contribution is 2.23. The van der Waals surface area contributed by atoms with Crippen molar-refractivity contribution in [3.05, 3.63) is 34.3 Å². The van der Waals surface area contributed by atoms with Gasteiger partial charge in [-0.25, -0.2) is 0 Å². The summed E-state index contributed by atoms with van der Waals surface area (Å²) >= 11 is 6.19.